The maximum absolute atomic E-state index is 6.09. The molecule has 138 valence electrons. The zero-order valence-corrected chi connectivity index (χ0v) is 16.0. The van der Waals surface area contributed by atoms with Crippen LogP contribution in [0.2, 0.25) is 0 Å². The standard InChI is InChI=1S/C19H31N5O/c1-5-8-13(2)25-18-22-16(20)17-21-12-15(24(17)23-18)11-14-9-6-7-10-19(14,3)4/h12-14H,5-11H2,1-4H3,(H2,20,22,23)/t13-,14?/m0/s1. The average Bonchev–Trinajstić information content (AvgIpc) is 2.93. The molecule has 0 bridgehead atoms. The minimum Gasteiger partial charge on any atom is -0.459 e. The van der Waals surface area contributed by atoms with Gasteiger partial charge in [-0.2, -0.15) is 4.98 Å². The van der Waals surface area contributed by atoms with Crippen molar-refractivity contribution in [1.29, 1.82) is 0 Å². The lowest BCUT2D eigenvalue weighted by Gasteiger charge is -2.38. The van der Waals surface area contributed by atoms with Crippen LogP contribution < -0.4 is 10.5 Å². The summed E-state index contributed by atoms with van der Waals surface area (Å²) in [6, 6.07) is 0.341. The SMILES string of the molecule is CCC[C@H](C)Oc1nc(N)c2ncc(CC3CCCCC3(C)C)n2n1. The van der Waals surface area contributed by atoms with Gasteiger partial charge in [0.15, 0.2) is 11.5 Å². The number of imidazole rings is 1. The van der Waals surface area contributed by atoms with Crippen LogP contribution >= 0.6 is 0 Å². The van der Waals surface area contributed by atoms with Crippen LogP contribution in [0.15, 0.2) is 6.20 Å². The first-order valence-corrected chi connectivity index (χ1v) is 9.57. The summed E-state index contributed by atoms with van der Waals surface area (Å²) in [6.07, 6.45) is 10.2. The first kappa shape index (κ1) is 18.0. The number of fused-ring (bicyclic) bond motifs is 1. The lowest BCUT2D eigenvalue weighted by atomic mass is 9.67. The number of hydrogen-bond acceptors (Lipinski definition) is 5. The molecule has 2 atom stereocenters. The normalized spacial score (nSPS) is 21.4. The average molecular weight is 345 g/mol. The molecule has 1 aliphatic carbocycles. The van der Waals surface area contributed by atoms with Gasteiger partial charge in [-0.05, 0) is 43.9 Å². The highest BCUT2D eigenvalue weighted by atomic mass is 16.5. The first-order chi connectivity index (χ1) is 11.9. The number of nitrogens with zero attached hydrogens (tertiary/aromatic N) is 4. The lowest BCUT2D eigenvalue weighted by Crippen LogP contribution is -2.29. The molecule has 2 N–H and O–H groups in total. The van der Waals surface area contributed by atoms with Crippen LogP contribution in [-0.4, -0.2) is 25.7 Å². The second-order valence-corrected chi connectivity index (χ2v) is 8.12. The molecule has 1 unspecified atom stereocenters. The van der Waals surface area contributed by atoms with Gasteiger partial charge in [0.05, 0.1) is 18.0 Å². The molecule has 6 heteroatoms. The van der Waals surface area contributed by atoms with Crippen molar-refractivity contribution in [2.24, 2.45) is 11.3 Å². The molecule has 1 aliphatic rings. The van der Waals surface area contributed by atoms with Crippen molar-refractivity contribution in [3.05, 3.63) is 11.9 Å². The Morgan fingerprint density at radius 2 is 2.20 bits per heavy atom. The van der Waals surface area contributed by atoms with Gasteiger partial charge in [0, 0.05) is 0 Å². The summed E-state index contributed by atoms with van der Waals surface area (Å²) in [6.45, 7) is 8.93. The highest BCUT2D eigenvalue weighted by Crippen LogP contribution is 2.42. The molecule has 25 heavy (non-hydrogen) atoms. The quantitative estimate of drug-likeness (QED) is 0.855. The van der Waals surface area contributed by atoms with Gasteiger partial charge < -0.3 is 10.5 Å². The molecule has 1 saturated carbocycles. The van der Waals surface area contributed by atoms with Crippen molar-refractivity contribution in [2.45, 2.75) is 78.7 Å². The highest BCUT2D eigenvalue weighted by Gasteiger charge is 2.33. The third-order valence-electron chi connectivity index (χ3n) is 5.63. The Morgan fingerprint density at radius 3 is 2.92 bits per heavy atom. The topological polar surface area (TPSA) is 78.3 Å². The molecule has 3 rings (SSSR count). The zero-order chi connectivity index (χ0) is 18.0. The summed E-state index contributed by atoms with van der Waals surface area (Å²) in [7, 11) is 0. The number of nitrogens with two attached hydrogens (primary N) is 1. The summed E-state index contributed by atoms with van der Waals surface area (Å²) < 4.78 is 7.68. The van der Waals surface area contributed by atoms with Crippen LogP contribution in [0.5, 0.6) is 6.01 Å². The molecule has 0 aromatic carbocycles. The summed E-state index contributed by atoms with van der Waals surface area (Å²) in [5.74, 6) is 1.02. The van der Waals surface area contributed by atoms with E-state index >= 15 is 0 Å². The van der Waals surface area contributed by atoms with E-state index in [9.17, 15) is 0 Å². The number of anilines is 1. The van der Waals surface area contributed by atoms with E-state index in [1.807, 2.05) is 17.6 Å². The maximum Gasteiger partial charge on any atom is 0.336 e. The van der Waals surface area contributed by atoms with E-state index in [1.165, 1.54) is 25.7 Å². The zero-order valence-electron chi connectivity index (χ0n) is 16.0. The van der Waals surface area contributed by atoms with Crippen LogP contribution in [0.1, 0.15) is 71.9 Å². The molecule has 0 radical (unpaired) electrons. The summed E-state index contributed by atoms with van der Waals surface area (Å²) in [5.41, 5.74) is 8.17. The van der Waals surface area contributed by atoms with Crippen molar-refractivity contribution >= 4 is 11.5 Å². The minimum atomic E-state index is 0.0751. The van der Waals surface area contributed by atoms with Gasteiger partial charge >= 0.3 is 6.01 Å². The molecule has 0 aliphatic heterocycles. The van der Waals surface area contributed by atoms with Crippen molar-refractivity contribution in [3.63, 3.8) is 0 Å². The van der Waals surface area contributed by atoms with Crippen LogP contribution in [0.4, 0.5) is 5.82 Å². The lowest BCUT2D eigenvalue weighted by molar-refractivity contribution is 0.136. The molecule has 0 saturated heterocycles. The van der Waals surface area contributed by atoms with Gasteiger partial charge in [0.2, 0.25) is 0 Å². The Kier molecular flexibility index (Phi) is 5.16. The van der Waals surface area contributed by atoms with Gasteiger partial charge in [-0.3, -0.25) is 0 Å². The fourth-order valence-corrected chi connectivity index (χ4v) is 3.96. The summed E-state index contributed by atoms with van der Waals surface area (Å²) in [4.78, 5) is 8.72. The Labute approximate surface area is 150 Å². The smallest absolute Gasteiger partial charge is 0.336 e. The van der Waals surface area contributed by atoms with E-state index in [4.69, 9.17) is 10.5 Å². The third kappa shape index (κ3) is 3.88. The van der Waals surface area contributed by atoms with E-state index in [2.05, 4.69) is 35.8 Å². The second kappa shape index (κ2) is 7.18. The Balaban J connectivity index is 1.87. The fourth-order valence-electron chi connectivity index (χ4n) is 3.96. The number of ether oxygens (including phenoxy) is 1. The summed E-state index contributed by atoms with van der Waals surface area (Å²) >= 11 is 0. The van der Waals surface area contributed by atoms with E-state index < -0.39 is 0 Å². The van der Waals surface area contributed by atoms with Crippen LogP contribution in [0.3, 0.4) is 0 Å². The van der Waals surface area contributed by atoms with E-state index in [0.717, 1.165) is 25.0 Å². The Hall–Kier alpha value is -1.85. The van der Waals surface area contributed by atoms with E-state index in [0.29, 0.717) is 28.8 Å². The monoisotopic (exact) mass is 345 g/mol. The van der Waals surface area contributed by atoms with E-state index in [1.54, 1.807) is 0 Å². The van der Waals surface area contributed by atoms with Crippen molar-refractivity contribution in [2.75, 3.05) is 5.73 Å². The molecular formula is C19H31N5O. The predicted molar refractivity (Wildman–Crippen MR) is 99.6 cm³/mol. The first-order valence-electron chi connectivity index (χ1n) is 9.57. The highest BCUT2D eigenvalue weighted by molar-refractivity contribution is 5.59. The maximum atomic E-state index is 6.09. The molecular weight excluding hydrogens is 314 g/mol. The molecule has 2 aromatic heterocycles. The number of hydrogen-bond donors (Lipinski definition) is 1. The van der Waals surface area contributed by atoms with Gasteiger partial charge in [-0.1, -0.05) is 40.0 Å². The summed E-state index contributed by atoms with van der Waals surface area (Å²) in [5, 5.41) is 4.57. The molecule has 0 amide bonds. The number of rotatable bonds is 6. The van der Waals surface area contributed by atoms with Gasteiger partial charge in [-0.25, -0.2) is 9.50 Å². The van der Waals surface area contributed by atoms with Crippen LogP contribution in [0.25, 0.3) is 5.65 Å². The molecule has 1 fully saturated rings. The second-order valence-electron chi connectivity index (χ2n) is 8.12. The van der Waals surface area contributed by atoms with Crippen molar-refractivity contribution in [1.82, 2.24) is 19.6 Å². The van der Waals surface area contributed by atoms with Crippen LogP contribution in [-0.2, 0) is 6.42 Å². The molecule has 2 aromatic rings. The molecule has 2 heterocycles. The van der Waals surface area contributed by atoms with Gasteiger partial charge in [0.1, 0.15) is 0 Å². The van der Waals surface area contributed by atoms with Gasteiger partial charge in [-0.15, -0.1) is 5.10 Å². The van der Waals surface area contributed by atoms with Crippen LogP contribution in [0, 0.1) is 11.3 Å². The minimum absolute atomic E-state index is 0.0751. The number of nitrogen functional groups attached to an aromatic ring is 1. The molecule has 6 nitrogen and oxygen atoms in total. The largest absolute Gasteiger partial charge is 0.459 e. The Bertz CT molecular complexity index is 724. The van der Waals surface area contributed by atoms with Crippen molar-refractivity contribution < 1.29 is 4.74 Å². The fraction of sp³-hybridized carbons (Fsp3) is 0.737. The van der Waals surface area contributed by atoms with E-state index in [-0.39, 0.29) is 6.10 Å². The Morgan fingerprint density at radius 1 is 1.40 bits per heavy atom. The third-order valence-corrected chi connectivity index (χ3v) is 5.63. The predicted octanol–water partition coefficient (Wildman–Crippen LogP) is 4.03. The van der Waals surface area contributed by atoms with Crippen molar-refractivity contribution in [3.8, 4) is 6.01 Å². The number of aromatic nitrogens is 4. The van der Waals surface area contributed by atoms with Gasteiger partial charge in [0.25, 0.3) is 0 Å². The molecule has 0 spiro atoms.